The van der Waals surface area contributed by atoms with Crippen molar-refractivity contribution >= 4 is 17.8 Å². The van der Waals surface area contributed by atoms with Gasteiger partial charge in [-0.15, -0.1) is 0 Å². The molecule has 3 aromatic carbocycles. The summed E-state index contributed by atoms with van der Waals surface area (Å²) < 4.78 is 16.4. The maximum Gasteiger partial charge on any atom is 0.310 e. The van der Waals surface area contributed by atoms with Crippen molar-refractivity contribution in [2.75, 3.05) is 13.7 Å². The number of hydrogen-bond acceptors (Lipinski definition) is 7. The Morgan fingerprint density at radius 2 is 1.75 bits per heavy atom. The van der Waals surface area contributed by atoms with Crippen LogP contribution in [0.5, 0.6) is 17.2 Å². The minimum absolute atomic E-state index is 0.00691. The van der Waals surface area contributed by atoms with Crippen LogP contribution in [-0.4, -0.2) is 30.8 Å². The molecule has 0 saturated carbocycles. The molecule has 0 aliphatic rings. The number of benzene rings is 3. The largest absolute Gasteiger partial charge is 0.493 e. The number of nitrogens with one attached hydrogen (secondary N) is 1. The Kier molecular flexibility index (Phi) is 7.74. The van der Waals surface area contributed by atoms with Crippen LogP contribution in [0, 0.1) is 10.1 Å². The van der Waals surface area contributed by atoms with E-state index >= 15 is 0 Å². The first-order valence-electron chi connectivity index (χ1n) is 9.59. The summed E-state index contributed by atoms with van der Waals surface area (Å²) in [5.41, 5.74) is 3.80. The number of methoxy groups -OCH3 is 1. The molecule has 164 valence electrons. The van der Waals surface area contributed by atoms with Crippen molar-refractivity contribution in [1.82, 2.24) is 5.43 Å². The van der Waals surface area contributed by atoms with Gasteiger partial charge in [-0.25, -0.2) is 5.43 Å². The van der Waals surface area contributed by atoms with Crippen LogP contribution in [0.25, 0.3) is 0 Å². The Hall–Kier alpha value is -4.40. The zero-order valence-electron chi connectivity index (χ0n) is 17.3. The fraction of sp³-hybridized carbons (Fsp3) is 0.130. The lowest BCUT2D eigenvalue weighted by atomic mass is 10.2. The van der Waals surface area contributed by atoms with Crippen LogP contribution >= 0.6 is 0 Å². The van der Waals surface area contributed by atoms with Gasteiger partial charge >= 0.3 is 5.69 Å². The van der Waals surface area contributed by atoms with Crippen molar-refractivity contribution in [2.24, 2.45) is 5.10 Å². The Morgan fingerprint density at radius 3 is 2.50 bits per heavy atom. The maximum atomic E-state index is 11.9. The van der Waals surface area contributed by atoms with Gasteiger partial charge in [-0.05, 0) is 35.4 Å². The number of carbonyl (C=O) groups excluding carboxylic acids is 1. The van der Waals surface area contributed by atoms with Gasteiger partial charge in [-0.2, -0.15) is 5.10 Å². The van der Waals surface area contributed by atoms with Gasteiger partial charge < -0.3 is 14.2 Å². The lowest BCUT2D eigenvalue weighted by molar-refractivity contribution is -0.385. The number of ether oxygens (including phenoxy) is 3. The van der Waals surface area contributed by atoms with Crippen molar-refractivity contribution in [3.8, 4) is 17.2 Å². The number of carbonyl (C=O) groups is 1. The number of amides is 1. The summed E-state index contributed by atoms with van der Waals surface area (Å²) in [4.78, 5) is 22.3. The molecule has 0 spiro atoms. The van der Waals surface area contributed by atoms with E-state index in [4.69, 9.17) is 14.2 Å². The quantitative estimate of drug-likeness (QED) is 0.295. The number of nitrogens with zero attached hydrogens (tertiary/aromatic N) is 2. The van der Waals surface area contributed by atoms with E-state index < -0.39 is 17.4 Å². The molecule has 0 fully saturated rings. The minimum atomic E-state index is -0.577. The van der Waals surface area contributed by atoms with Crippen molar-refractivity contribution in [2.45, 2.75) is 6.61 Å². The van der Waals surface area contributed by atoms with Gasteiger partial charge in [0.2, 0.25) is 0 Å². The highest BCUT2D eigenvalue weighted by Gasteiger charge is 2.14. The van der Waals surface area contributed by atoms with Crippen LogP contribution in [0.2, 0.25) is 0 Å². The third-order valence-electron chi connectivity index (χ3n) is 4.25. The van der Waals surface area contributed by atoms with Crippen molar-refractivity contribution in [1.29, 1.82) is 0 Å². The predicted octanol–water partition coefficient (Wildman–Crippen LogP) is 3.71. The molecule has 0 radical (unpaired) electrons. The van der Waals surface area contributed by atoms with E-state index in [9.17, 15) is 14.9 Å². The second kappa shape index (κ2) is 11.1. The van der Waals surface area contributed by atoms with Crippen LogP contribution in [0.4, 0.5) is 5.69 Å². The summed E-state index contributed by atoms with van der Waals surface area (Å²) in [6.07, 6.45) is 1.44. The van der Waals surface area contributed by atoms with Crippen molar-refractivity contribution in [3.63, 3.8) is 0 Å². The molecule has 3 aromatic rings. The molecule has 0 aromatic heterocycles. The van der Waals surface area contributed by atoms with E-state index in [1.165, 1.54) is 31.5 Å². The molecule has 9 nitrogen and oxygen atoms in total. The zero-order valence-corrected chi connectivity index (χ0v) is 17.3. The van der Waals surface area contributed by atoms with E-state index in [1.54, 1.807) is 24.3 Å². The molecule has 0 unspecified atom stereocenters. The highest BCUT2D eigenvalue weighted by atomic mass is 16.6. The van der Waals surface area contributed by atoms with Gasteiger partial charge in [0, 0.05) is 6.07 Å². The first-order valence-corrected chi connectivity index (χ1v) is 9.59. The van der Waals surface area contributed by atoms with Gasteiger partial charge in [0.05, 0.1) is 18.2 Å². The minimum Gasteiger partial charge on any atom is -0.493 e. The summed E-state index contributed by atoms with van der Waals surface area (Å²) in [5.74, 6) is 0.549. The Morgan fingerprint density at radius 1 is 1.00 bits per heavy atom. The standard InChI is InChI=1S/C23H21N3O6/c1-30-22-13-18(11-12-21(22)31-15-17-7-3-2-4-8-17)14-24-25-23(27)16-32-20-10-6-5-9-19(20)26(28)29/h2-14H,15-16H2,1H3,(H,25,27)/b24-14+. The molecule has 0 saturated heterocycles. The molecule has 1 amide bonds. The Labute approximate surface area is 184 Å². The number of hydrazone groups is 1. The molecule has 0 aliphatic carbocycles. The number of para-hydroxylation sites is 2. The number of nitro groups is 1. The van der Waals surface area contributed by atoms with Gasteiger partial charge in [0.1, 0.15) is 6.61 Å². The third kappa shape index (κ3) is 6.30. The molecular formula is C23H21N3O6. The zero-order chi connectivity index (χ0) is 22.8. The van der Waals surface area contributed by atoms with Gasteiger partial charge in [-0.3, -0.25) is 14.9 Å². The van der Waals surface area contributed by atoms with E-state index in [0.717, 1.165) is 5.56 Å². The molecule has 0 heterocycles. The van der Waals surface area contributed by atoms with Crippen molar-refractivity contribution in [3.05, 3.63) is 94.0 Å². The van der Waals surface area contributed by atoms with E-state index in [0.29, 0.717) is 23.7 Å². The molecular weight excluding hydrogens is 414 g/mol. The lowest BCUT2D eigenvalue weighted by Gasteiger charge is -2.11. The average Bonchev–Trinajstić information content (AvgIpc) is 2.82. The average molecular weight is 435 g/mol. The van der Waals surface area contributed by atoms with E-state index in [-0.39, 0.29) is 11.4 Å². The van der Waals surface area contributed by atoms with Gasteiger partial charge in [-0.1, -0.05) is 42.5 Å². The lowest BCUT2D eigenvalue weighted by Crippen LogP contribution is -2.24. The first-order chi connectivity index (χ1) is 15.6. The fourth-order valence-electron chi connectivity index (χ4n) is 2.70. The third-order valence-corrected chi connectivity index (χ3v) is 4.25. The first kappa shape index (κ1) is 22.3. The normalized spacial score (nSPS) is 10.5. The number of rotatable bonds is 10. The highest BCUT2D eigenvalue weighted by molar-refractivity contribution is 5.83. The summed E-state index contributed by atoms with van der Waals surface area (Å²) in [6.45, 7) is -0.0158. The SMILES string of the molecule is COc1cc(/C=N/NC(=O)COc2ccccc2[N+](=O)[O-])ccc1OCc1ccccc1. The van der Waals surface area contributed by atoms with Crippen molar-refractivity contribution < 1.29 is 23.9 Å². The van der Waals surface area contributed by atoms with Crippen LogP contribution in [0.3, 0.4) is 0 Å². The summed E-state index contributed by atoms with van der Waals surface area (Å²) in [5, 5.41) is 14.8. The van der Waals surface area contributed by atoms with E-state index in [2.05, 4.69) is 10.5 Å². The topological polar surface area (TPSA) is 112 Å². The molecule has 3 rings (SSSR count). The van der Waals surface area contributed by atoms with Crippen LogP contribution in [0.15, 0.2) is 77.9 Å². The molecule has 1 N–H and O–H groups in total. The molecule has 32 heavy (non-hydrogen) atoms. The summed E-state index contributed by atoms with van der Waals surface area (Å²) in [7, 11) is 1.54. The summed E-state index contributed by atoms with van der Waals surface area (Å²) >= 11 is 0. The van der Waals surface area contributed by atoms with Crippen LogP contribution in [0.1, 0.15) is 11.1 Å². The second-order valence-corrected chi connectivity index (χ2v) is 6.49. The van der Waals surface area contributed by atoms with E-state index in [1.807, 2.05) is 30.3 Å². The van der Waals surface area contributed by atoms with Gasteiger partial charge in [0.25, 0.3) is 5.91 Å². The highest BCUT2D eigenvalue weighted by Crippen LogP contribution is 2.28. The van der Waals surface area contributed by atoms with Crippen LogP contribution < -0.4 is 19.6 Å². The smallest absolute Gasteiger partial charge is 0.310 e. The monoisotopic (exact) mass is 435 g/mol. The Balaban J connectivity index is 1.53. The second-order valence-electron chi connectivity index (χ2n) is 6.49. The number of nitro benzene ring substituents is 1. The fourth-order valence-corrected chi connectivity index (χ4v) is 2.70. The predicted molar refractivity (Wildman–Crippen MR) is 118 cm³/mol. The number of hydrogen-bond donors (Lipinski definition) is 1. The summed E-state index contributed by atoms with van der Waals surface area (Å²) in [6, 6.07) is 20.8. The van der Waals surface area contributed by atoms with Crippen LogP contribution in [-0.2, 0) is 11.4 Å². The molecule has 0 bridgehead atoms. The molecule has 0 atom stereocenters. The van der Waals surface area contributed by atoms with Gasteiger partial charge in [0.15, 0.2) is 23.9 Å². The molecule has 9 heteroatoms. The maximum absolute atomic E-state index is 11.9. The Bertz CT molecular complexity index is 1100. The molecule has 0 aliphatic heterocycles.